The van der Waals surface area contributed by atoms with E-state index < -0.39 is 0 Å². The first kappa shape index (κ1) is 20.8. The predicted octanol–water partition coefficient (Wildman–Crippen LogP) is 2.90. The smallest absolute Gasteiger partial charge is 0.213 e. The lowest BCUT2D eigenvalue weighted by Crippen LogP contribution is -2.36. The average molecular weight is 374 g/mol. The Balaban J connectivity index is 1.79. The number of nitrogens with zero attached hydrogens (tertiary/aromatic N) is 2. The van der Waals surface area contributed by atoms with Gasteiger partial charge in [-0.05, 0) is 17.7 Å². The van der Waals surface area contributed by atoms with Gasteiger partial charge in [-0.3, -0.25) is 4.99 Å². The highest BCUT2D eigenvalue weighted by Gasteiger charge is 2.19. The van der Waals surface area contributed by atoms with Gasteiger partial charge in [0.15, 0.2) is 5.96 Å². The first-order chi connectivity index (χ1) is 12.9. The van der Waals surface area contributed by atoms with Crippen molar-refractivity contribution in [2.75, 3.05) is 32.6 Å². The Bertz CT molecular complexity index is 717. The molecule has 0 aliphatic heterocycles. The number of methoxy groups -OCH3 is 1. The van der Waals surface area contributed by atoms with Gasteiger partial charge in [-0.25, -0.2) is 4.98 Å². The van der Waals surface area contributed by atoms with Gasteiger partial charge >= 0.3 is 0 Å². The Kier molecular flexibility index (Phi) is 7.67. The van der Waals surface area contributed by atoms with Crippen molar-refractivity contribution < 1.29 is 9.15 Å². The van der Waals surface area contributed by atoms with Crippen molar-refractivity contribution in [1.82, 2.24) is 15.6 Å². The lowest BCUT2D eigenvalue weighted by molar-refractivity contribution is 0.211. The fraction of sp³-hybridized carbons (Fsp3) is 0.500. The maximum atomic E-state index is 5.79. The maximum Gasteiger partial charge on any atom is 0.213 e. The molecule has 1 heterocycles. The first-order valence-electron chi connectivity index (χ1n) is 9.14. The molecule has 1 aromatic carbocycles. The molecule has 148 valence electrons. The van der Waals surface area contributed by atoms with Gasteiger partial charge in [-0.1, -0.05) is 32.9 Å². The van der Waals surface area contributed by atoms with Crippen LogP contribution in [0.3, 0.4) is 0 Å². The molecular weight excluding hydrogens is 342 g/mol. The van der Waals surface area contributed by atoms with Crippen LogP contribution < -0.4 is 16.0 Å². The summed E-state index contributed by atoms with van der Waals surface area (Å²) in [6.07, 6.45) is 1.79. The van der Waals surface area contributed by atoms with Crippen molar-refractivity contribution in [2.45, 2.75) is 39.3 Å². The van der Waals surface area contributed by atoms with E-state index in [9.17, 15) is 0 Å². The Morgan fingerprint density at radius 3 is 2.44 bits per heavy atom. The molecule has 0 unspecified atom stereocenters. The molecule has 0 saturated carbocycles. The Hall–Kier alpha value is -2.54. The van der Waals surface area contributed by atoms with E-state index >= 15 is 0 Å². The molecule has 0 aliphatic carbocycles. The predicted molar refractivity (Wildman–Crippen MR) is 109 cm³/mol. The minimum atomic E-state index is -0.0459. The van der Waals surface area contributed by atoms with Crippen molar-refractivity contribution in [3.63, 3.8) is 0 Å². The van der Waals surface area contributed by atoms with Crippen LogP contribution in [0.15, 0.2) is 39.9 Å². The molecular formula is C20H31N5O2. The Labute approximate surface area is 161 Å². The third-order valence-electron chi connectivity index (χ3n) is 3.97. The SMILES string of the molecule is CN=C(NCc1ccc(NCCOC)cc1)NCc1ncc(C(C)(C)C)o1. The van der Waals surface area contributed by atoms with Crippen molar-refractivity contribution in [1.29, 1.82) is 0 Å². The van der Waals surface area contributed by atoms with Crippen molar-refractivity contribution >= 4 is 11.6 Å². The number of ether oxygens (including phenoxy) is 1. The second-order valence-corrected chi connectivity index (χ2v) is 7.26. The minimum Gasteiger partial charge on any atom is -0.443 e. The zero-order valence-corrected chi connectivity index (χ0v) is 16.9. The zero-order chi connectivity index (χ0) is 19.7. The summed E-state index contributed by atoms with van der Waals surface area (Å²) in [5.41, 5.74) is 2.20. The summed E-state index contributed by atoms with van der Waals surface area (Å²) >= 11 is 0. The summed E-state index contributed by atoms with van der Waals surface area (Å²) in [5, 5.41) is 9.82. The zero-order valence-electron chi connectivity index (χ0n) is 16.9. The molecule has 0 bridgehead atoms. The van der Waals surface area contributed by atoms with Gasteiger partial charge < -0.3 is 25.1 Å². The average Bonchev–Trinajstić information content (AvgIpc) is 3.13. The highest BCUT2D eigenvalue weighted by atomic mass is 16.5. The molecule has 0 atom stereocenters. The highest BCUT2D eigenvalue weighted by molar-refractivity contribution is 5.79. The quantitative estimate of drug-likeness (QED) is 0.375. The van der Waals surface area contributed by atoms with Gasteiger partial charge in [0.2, 0.25) is 5.89 Å². The lowest BCUT2D eigenvalue weighted by atomic mass is 9.94. The van der Waals surface area contributed by atoms with E-state index in [0.29, 0.717) is 31.5 Å². The fourth-order valence-electron chi connectivity index (χ4n) is 2.34. The van der Waals surface area contributed by atoms with E-state index in [1.54, 1.807) is 20.4 Å². The monoisotopic (exact) mass is 373 g/mol. The van der Waals surface area contributed by atoms with E-state index in [1.165, 1.54) is 5.56 Å². The molecule has 0 radical (unpaired) electrons. The van der Waals surface area contributed by atoms with Gasteiger partial charge in [0, 0.05) is 38.3 Å². The van der Waals surface area contributed by atoms with Crippen molar-refractivity contribution in [3.8, 4) is 0 Å². The molecule has 7 nitrogen and oxygen atoms in total. The minimum absolute atomic E-state index is 0.0459. The van der Waals surface area contributed by atoms with Gasteiger partial charge in [0.05, 0.1) is 19.3 Å². The summed E-state index contributed by atoms with van der Waals surface area (Å²) in [7, 11) is 3.44. The van der Waals surface area contributed by atoms with E-state index in [4.69, 9.17) is 9.15 Å². The van der Waals surface area contributed by atoms with E-state index in [2.05, 4.69) is 71.0 Å². The summed E-state index contributed by atoms with van der Waals surface area (Å²) < 4.78 is 10.8. The van der Waals surface area contributed by atoms with Gasteiger partial charge in [-0.2, -0.15) is 0 Å². The topological polar surface area (TPSA) is 83.7 Å². The van der Waals surface area contributed by atoms with Crippen LogP contribution in [0.4, 0.5) is 5.69 Å². The molecule has 3 N–H and O–H groups in total. The third kappa shape index (κ3) is 6.94. The molecule has 0 saturated heterocycles. The molecule has 0 spiro atoms. The number of guanidine groups is 1. The molecule has 0 amide bonds. The van der Waals surface area contributed by atoms with Crippen LogP contribution in [0, 0.1) is 0 Å². The molecule has 2 aromatic rings. The van der Waals surface area contributed by atoms with Crippen LogP contribution in [0.1, 0.15) is 38.0 Å². The molecule has 1 aromatic heterocycles. The van der Waals surface area contributed by atoms with Crippen LogP contribution in [-0.4, -0.2) is 38.3 Å². The van der Waals surface area contributed by atoms with Crippen LogP contribution in [-0.2, 0) is 23.2 Å². The lowest BCUT2D eigenvalue weighted by Gasteiger charge is -2.13. The normalized spacial score (nSPS) is 12.1. The van der Waals surface area contributed by atoms with Crippen molar-refractivity contribution in [2.24, 2.45) is 4.99 Å². The standard InChI is InChI=1S/C20H31N5O2/c1-20(2,3)17-13-23-18(27-17)14-25-19(21-4)24-12-15-6-8-16(9-7-15)22-10-11-26-5/h6-9,13,22H,10-12,14H2,1-5H3,(H2,21,24,25). The molecule has 7 heteroatoms. The fourth-order valence-corrected chi connectivity index (χ4v) is 2.34. The number of aromatic nitrogens is 1. The van der Waals surface area contributed by atoms with E-state index in [0.717, 1.165) is 18.0 Å². The van der Waals surface area contributed by atoms with Crippen LogP contribution in [0.2, 0.25) is 0 Å². The van der Waals surface area contributed by atoms with Crippen molar-refractivity contribution in [3.05, 3.63) is 47.7 Å². The molecule has 2 rings (SSSR count). The van der Waals surface area contributed by atoms with Gasteiger partial charge in [0.25, 0.3) is 0 Å². The second-order valence-electron chi connectivity index (χ2n) is 7.26. The number of anilines is 1. The number of aliphatic imine (C=N–C) groups is 1. The summed E-state index contributed by atoms with van der Waals surface area (Å²) in [6.45, 7) is 8.95. The summed E-state index contributed by atoms with van der Waals surface area (Å²) in [4.78, 5) is 8.56. The summed E-state index contributed by atoms with van der Waals surface area (Å²) in [5.74, 6) is 2.23. The number of benzene rings is 1. The molecule has 27 heavy (non-hydrogen) atoms. The number of hydrogen-bond acceptors (Lipinski definition) is 5. The first-order valence-corrected chi connectivity index (χ1v) is 9.14. The van der Waals surface area contributed by atoms with Crippen LogP contribution >= 0.6 is 0 Å². The number of rotatable bonds is 8. The third-order valence-corrected chi connectivity index (χ3v) is 3.97. The van der Waals surface area contributed by atoms with E-state index in [1.807, 2.05) is 0 Å². The van der Waals surface area contributed by atoms with Crippen LogP contribution in [0.25, 0.3) is 0 Å². The van der Waals surface area contributed by atoms with Gasteiger partial charge in [0.1, 0.15) is 5.76 Å². The number of oxazole rings is 1. The Morgan fingerprint density at radius 2 is 1.85 bits per heavy atom. The Morgan fingerprint density at radius 1 is 1.15 bits per heavy atom. The molecule has 0 fully saturated rings. The molecule has 0 aliphatic rings. The second kappa shape index (κ2) is 9.97. The summed E-state index contributed by atoms with van der Waals surface area (Å²) in [6, 6.07) is 8.28. The number of hydrogen-bond donors (Lipinski definition) is 3. The van der Waals surface area contributed by atoms with E-state index in [-0.39, 0.29) is 5.41 Å². The van der Waals surface area contributed by atoms with Gasteiger partial charge in [-0.15, -0.1) is 0 Å². The largest absolute Gasteiger partial charge is 0.443 e. The number of nitrogens with one attached hydrogen (secondary N) is 3. The maximum absolute atomic E-state index is 5.79. The highest BCUT2D eigenvalue weighted by Crippen LogP contribution is 2.22. The van der Waals surface area contributed by atoms with Crippen LogP contribution in [0.5, 0.6) is 0 Å².